The van der Waals surface area contributed by atoms with Crippen molar-refractivity contribution in [2.45, 2.75) is 38.8 Å². The summed E-state index contributed by atoms with van der Waals surface area (Å²) in [6.45, 7) is 4.24. The molecule has 0 spiro atoms. The molecule has 2 atom stereocenters. The minimum atomic E-state index is 0.000125. The molecule has 3 N–H and O–H groups in total. The van der Waals surface area contributed by atoms with E-state index in [4.69, 9.17) is 10.5 Å². The Morgan fingerprint density at radius 2 is 2.26 bits per heavy atom. The van der Waals surface area contributed by atoms with Crippen molar-refractivity contribution in [1.29, 1.82) is 0 Å². The molecule has 2 unspecified atom stereocenters. The second-order valence-corrected chi connectivity index (χ2v) is 5.82. The first-order valence-electron chi connectivity index (χ1n) is 6.60. The lowest BCUT2D eigenvalue weighted by Gasteiger charge is -2.51. The summed E-state index contributed by atoms with van der Waals surface area (Å²) in [5.41, 5.74) is 7.34. The summed E-state index contributed by atoms with van der Waals surface area (Å²) < 4.78 is 5.38. The zero-order chi connectivity index (χ0) is 14.0. The van der Waals surface area contributed by atoms with Crippen LogP contribution in [0.1, 0.15) is 25.8 Å². The molecule has 4 heteroatoms. The number of ether oxygens (including phenoxy) is 1. The number of nitrogens with one attached hydrogen (secondary N) is 1. The Morgan fingerprint density at radius 1 is 1.53 bits per heavy atom. The van der Waals surface area contributed by atoms with Crippen LogP contribution in [-0.2, 0) is 16.0 Å². The number of amides is 1. The first-order chi connectivity index (χ1) is 8.93. The molecule has 1 aliphatic carbocycles. The molecule has 0 heterocycles. The van der Waals surface area contributed by atoms with Gasteiger partial charge in [-0.05, 0) is 24.1 Å². The number of carbonyl (C=O) groups excluding carboxylic acids is 1. The van der Waals surface area contributed by atoms with Crippen LogP contribution >= 0.6 is 0 Å². The summed E-state index contributed by atoms with van der Waals surface area (Å²) in [7, 11) is 1.72. The van der Waals surface area contributed by atoms with E-state index in [0.29, 0.717) is 12.1 Å². The summed E-state index contributed by atoms with van der Waals surface area (Å²) in [6.07, 6.45) is 1.48. The van der Waals surface area contributed by atoms with Crippen molar-refractivity contribution in [3.8, 4) is 0 Å². The van der Waals surface area contributed by atoms with Gasteiger partial charge in [0.05, 0.1) is 12.5 Å². The molecule has 1 aromatic carbocycles. The van der Waals surface area contributed by atoms with Crippen molar-refractivity contribution < 1.29 is 9.53 Å². The zero-order valence-electron chi connectivity index (χ0n) is 11.8. The SMILES string of the molecule is COC1CC(NC(=O)Cc2cccc(N)c2)C1(C)C. The number of nitrogens with two attached hydrogens (primary N) is 1. The summed E-state index contributed by atoms with van der Waals surface area (Å²) >= 11 is 0. The van der Waals surface area contributed by atoms with Gasteiger partial charge in [-0.25, -0.2) is 0 Å². The quantitative estimate of drug-likeness (QED) is 0.812. The molecule has 1 aromatic rings. The highest BCUT2D eigenvalue weighted by Gasteiger charge is 2.49. The van der Waals surface area contributed by atoms with E-state index in [0.717, 1.165) is 12.0 Å². The van der Waals surface area contributed by atoms with Crippen molar-refractivity contribution in [3.63, 3.8) is 0 Å². The number of rotatable bonds is 4. The largest absolute Gasteiger partial charge is 0.399 e. The van der Waals surface area contributed by atoms with E-state index in [-0.39, 0.29) is 23.5 Å². The first kappa shape index (κ1) is 13.9. The van der Waals surface area contributed by atoms with Crippen LogP contribution in [0.5, 0.6) is 0 Å². The summed E-state index contributed by atoms with van der Waals surface area (Å²) in [6, 6.07) is 7.63. The van der Waals surface area contributed by atoms with Crippen LogP contribution in [0.15, 0.2) is 24.3 Å². The van der Waals surface area contributed by atoms with Crippen molar-refractivity contribution in [1.82, 2.24) is 5.32 Å². The maximum Gasteiger partial charge on any atom is 0.224 e. The third-order valence-corrected chi connectivity index (χ3v) is 4.11. The fraction of sp³-hybridized carbons (Fsp3) is 0.533. The van der Waals surface area contributed by atoms with Crippen LogP contribution in [0, 0.1) is 5.41 Å². The lowest BCUT2D eigenvalue weighted by molar-refractivity contribution is -0.132. The number of methoxy groups -OCH3 is 1. The molecule has 0 aromatic heterocycles. The Balaban J connectivity index is 1.89. The van der Waals surface area contributed by atoms with Crippen LogP contribution < -0.4 is 11.1 Å². The Labute approximate surface area is 114 Å². The maximum absolute atomic E-state index is 12.0. The van der Waals surface area contributed by atoms with Gasteiger partial charge in [-0.2, -0.15) is 0 Å². The molecule has 19 heavy (non-hydrogen) atoms. The summed E-state index contributed by atoms with van der Waals surface area (Å²) in [4.78, 5) is 12.0. The molecular formula is C15H22N2O2. The molecular weight excluding hydrogens is 240 g/mol. The number of nitrogen functional groups attached to an aromatic ring is 1. The minimum Gasteiger partial charge on any atom is -0.399 e. The van der Waals surface area contributed by atoms with Gasteiger partial charge in [0.1, 0.15) is 0 Å². The van der Waals surface area contributed by atoms with Crippen molar-refractivity contribution in [3.05, 3.63) is 29.8 Å². The molecule has 0 saturated heterocycles. The van der Waals surface area contributed by atoms with E-state index in [1.807, 2.05) is 24.3 Å². The fourth-order valence-corrected chi connectivity index (χ4v) is 2.66. The predicted octanol–water partition coefficient (Wildman–Crippen LogP) is 1.74. The van der Waals surface area contributed by atoms with E-state index in [1.54, 1.807) is 7.11 Å². The van der Waals surface area contributed by atoms with Gasteiger partial charge in [0.2, 0.25) is 5.91 Å². The van der Waals surface area contributed by atoms with E-state index < -0.39 is 0 Å². The fourth-order valence-electron chi connectivity index (χ4n) is 2.66. The monoisotopic (exact) mass is 262 g/mol. The highest BCUT2D eigenvalue weighted by atomic mass is 16.5. The Hall–Kier alpha value is -1.55. The van der Waals surface area contributed by atoms with Crippen molar-refractivity contribution >= 4 is 11.6 Å². The van der Waals surface area contributed by atoms with E-state index in [9.17, 15) is 4.79 Å². The number of hydrogen-bond donors (Lipinski definition) is 2. The summed E-state index contributed by atoms with van der Waals surface area (Å²) in [5.74, 6) is 0.0400. The summed E-state index contributed by atoms with van der Waals surface area (Å²) in [5, 5.41) is 3.08. The van der Waals surface area contributed by atoms with Crippen LogP contribution in [0.2, 0.25) is 0 Å². The smallest absolute Gasteiger partial charge is 0.224 e. The highest BCUT2D eigenvalue weighted by Crippen LogP contribution is 2.42. The Kier molecular flexibility index (Phi) is 3.80. The highest BCUT2D eigenvalue weighted by molar-refractivity contribution is 5.79. The van der Waals surface area contributed by atoms with Crippen molar-refractivity contribution in [2.75, 3.05) is 12.8 Å². The number of benzene rings is 1. The number of carbonyl (C=O) groups is 1. The number of hydrogen-bond acceptors (Lipinski definition) is 3. The third-order valence-electron chi connectivity index (χ3n) is 4.11. The molecule has 0 aliphatic heterocycles. The van der Waals surface area contributed by atoms with Crippen LogP contribution in [0.3, 0.4) is 0 Å². The lowest BCUT2D eigenvalue weighted by atomic mass is 9.64. The molecule has 2 rings (SSSR count). The molecule has 1 fully saturated rings. The van der Waals surface area contributed by atoms with Crippen LogP contribution in [-0.4, -0.2) is 25.2 Å². The molecule has 104 valence electrons. The van der Waals surface area contributed by atoms with Gasteiger partial charge < -0.3 is 15.8 Å². The normalized spacial score (nSPS) is 24.6. The third kappa shape index (κ3) is 2.89. The van der Waals surface area contributed by atoms with E-state index in [2.05, 4.69) is 19.2 Å². The second-order valence-electron chi connectivity index (χ2n) is 5.82. The van der Waals surface area contributed by atoms with Crippen LogP contribution in [0.4, 0.5) is 5.69 Å². The molecule has 1 saturated carbocycles. The molecule has 1 amide bonds. The van der Waals surface area contributed by atoms with Gasteiger partial charge in [0, 0.05) is 24.3 Å². The van der Waals surface area contributed by atoms with Gasteiger partial charge in [-0.3, -0.25) is 4.79 Å². The average molecular weight is 262 g/mol. The second kappa shape index (κ2) is 5.21. The van der Waals surface area contributed by atoms with Gasteiger partial charge >= 0.3 is 0 Å². The molecule has 0 bridgehead atoms. The van der Waals surface area contributed by atoms with Gasteiger partial charge in [0.25, 0.3) is 0 Å². The van der Waals surface area contributed by atoms with E-state index in [1.165, 1.54) is 0 Å². The minimum absolute atomic E-state index is 0.000125. The van der Waals surface area contributed by atoms with Gasteiger partial charge in [0.15, 0.2) is 0 Å². The Bertz CT molecular complexity index is 471. The van der Waals surface area contributed by atoms with E-state index >= 15 is 0 Å². The molecule has 1 aliphatic rings. The average Bonchev–Trinajstić information content (AvgIpc) is 2.34. The number of anilines is 1. The standard InChI is InChI=1S/C15H22N2O2/c1-15(2)12(9-13(15)19-3)17-14(18)8-10-5-4-6-11(16)7-10/h4-7,12-13H,8-9,16H2,1-3H3,(H,17,18). The molecule has 4 nitrogen and oxygen atoms in total. The van der Waals surface area contributed by atoms with Gasteiger partial charge in [-0.1, -0.05) is 26.0 Å². The topological polar surface area (TPSA) is 64.3 Å². The predicted molar refractivity (Wildman–Crippen MR) is 75.7 cm³/mol. The maximum atomic E-state index is 12.0. The van der Waals surface area contributed by atoms with Gasteiger partial charge in [-0.15, -0.1) is 0 Å². The zero-order valence-corrected chi connectivity index (χ0v) is 11.8. The van der Waals surface area contributed by atoms with Crippen molar-refractivity contribution in [2.24, 2.45) is 5.41 Å². The first-order valence-corrected chi connectivity index (χ1v) is 6.60. The Morgan fingerprint density at radius 3 is 2.84 bits per heavy atom. The lowest BCUT2D eigenvalue weighted by Crippen LogP contribution is -2.62. The van der Waals surface area contributed by atoms with Crippen LogP contribution in [0.25, 0.3) is 0 Å². The molecule has 0 radical (unpaired) electrons.